The van der Waals surface area contributed by atoms with Crippen LogP contribution in [0, 0.1) is 0 Å². The van der Waals surface area contributed by atoms with Crippen molar-refractivity contribution in [1.82, 2.24) is 0 Å². The number of allylic oxidation sites excluding steroid dienone is 6. The molecule has 0 atom stereocenters. The number of hydrogen-bond acceptors (Lipinski definition) is 3. The molecule has 0 saturated heterocycles. The molecule has 0 saturated carbocycles. The summed E-state index contributed by atoms with van der Waals surface area (Å²) in [5.74, 6) is -0.0247. The molecule has 110 valence electrons. The van der Waals surface area contributed by atoms with Crippen molar-refractivity contribution in [3.8, 4) is 5.75 Å². The van der Waals surface area contributed by atoms with Gasteiger partial charge in [-0.3, -0.25) is 9.59 Å². The van der Waals surface area contributed by atoms with Gasteiger partial charge in [-0.2, -0.15) is 0 Å². The number of benzene rings is 2. The Morgan fingerprint density at radius 3 is 2.52 bits per heavy atom. The highest BCUT2D eigenvalue weighted by Crippen LogP contribution is 2.34. The monoisotopic (exact) mass is 300 g/mol. The zero-order valence-corrected chi connectivity index (χ0v) is 12.2. The van der Waals surface area contributed by atoms with Gasteiger partial charge in [0.2, 0.25) is 11.6 Å². The molecular formula is C20H12O3. The predicted octanol–water partition coefficient (Wildman–Crippen LogP) is 3.76. The minimum Gasteiger partial charge on any atom is -0.456 e. The fourth-order valence-electron chi connectivity index (χ4n) is 2.77. The summed E-state index contributed by atoms with van der Waals surface area (Å²) < 4.78 is 5.89. The molecule has 1 aliphatic carbocycles. The molecule has 0 spiro atoms. The summed E-state index contributed by atoms with van der Waals surface area (Å²) in [6.07, 6.45) is 9.76. The second kappa shape index (κ2) is 5.21. The average molecular weight is 300 g/mol. The van der Waals surface area contributed by atoms with Crippen LogP contribution in [0.2, 0.25) is 0 Å². The highest BCUT2D eigenvalue weighted by Gasteiger charge is 2.22. The van der Waals surface area contributed by atoms with Crippen LogP contribution in [0.4, 0.5) is 0 Å². The van der Waals surface area contributed by atoms with Gasteiger partial charge in [0.25, 0.3) is 0 Å². The zero-order valence-electron chi connectivity index (χ0n) is 12.2. The maximum absolute atomic E-state index is 12.1. The lowest BCUT2D eigenvalue weighted by molar-refractivity contribution is -0.131. The highest BCUT2D eigenvalue weighted by molar-refractivity contribution is 6.48. The number of ketones is 2. The summed E-state index contributed by atoms with van der Waals surface area (Å²) in [6, 6.07) is 11.9. The van der Waals surface area contributed by atoms with E-state index in [9.17, 15) is 9.59 Å². The molecule has 2 aliphatic rings. The van der Waals surface area contributed by atoms with Gasteiger partial charge in [-0.05, 0) is 41.1 Å². The van der Waals surface area contributed by atoms with Gasteiger partial charge >= 0.3 is 0 Å². The standard InChI is InChI=1S/C20H12O3/c21-17-8-4-3-7-16(20(17)22)19-12-10-15-14-6-2-1-5-13(14)9-11-18(15)23-19/h1-12H/b19-16-. The lowest BCUT2D eigenvalue weighted by atomic mass is 10.00. The second-order valence-corrected chi connectivity index (χ2v) is 5.32. The van der Waals surface area contributed by atoms with Crippen molar-refractivity contribution in [2.75, 3.05) is 0 Å². The molecule has 0 bridgehead atoms. The number of rotatable bonds is 0. The number of ether oxygens (including phenoxy) is 1. The van der Waals surface area contributed by atoms with E-state index in [1.165, 1.54) is 6.08 Å². The Balaban J connectivity index is 1.85. The van der Waals surface area contributed by atoms with Gasteiger partial charge < -0.3 is 4.74 Å². The van der Waals surface area contributed by atoms with Crippen LogP contribution in [0.15, 0.2) is 78.1 Å². The fourth-order valence-corrected chi connectivity index (χ4v) is 2.77. The third-order valence-corrected chi connectivity index (χ3v) is 3.91. The maximum atomic E-state index is 12.1. The maximum Gasteiger partial charge on any atom is 0.236 e. The van der Waals surface area contributed by atoms with Crippen molar-refractivity contribution < 1.29 is 14.3 Å². The summed E-state index contributed by atoms with van der Waals surface area (Å²) >= 11 is 0. The van der Waals surface area contributed by atoms with Crippen molar-refractivity contribution in [1.29, 1.82) is 0 Å². The Kier molecular flexibility index (Phi) is 3.05. The predicted molar refractivity (Wildman–Crippen MR) is 88.9 cm³/mol. The zero-order chi connectivity index (χ0) is 15.8. The largest absolute Gasteiger partial charge is 0.456 e. The van der Waals surface area contributed by atoms with Gasteiger partial charge in [-0.1, -0.05) is 42.5 Å². The second-order valence-electron chi connectivity index (χ2n) is 5.32. The van der Waals surface area contributed by atoms with Crippen molar-refractivity contribution in [2.24, 2.45) is 0 Å². The summed E-state index contributed by atoms with van der Waals surface area (Å²) in [7, 11) is 0. The minimum atomic E-state index is -0.557. The Hall–Kier alpha value is -3.20. The van der Waals surface area contributed by atoms with E-state index in [1.807, 2.05) is 42.5 Å². The van der Waals surface area contributed by atoms with Crippen LogP contribution in [0.3, 0.4) is 0 Å². The van der Waals surface area contributed by atoms with Crippen LogP contribution < -0.4 is 4.74 Å². The molecule has 1 heterocycles. The molecule has 0 N–H and O–H groups in total. The first-order valence-electron chi connectivity index (χ1n) is 7.29. The summed E-state index contributed by atoms with van der Waals surface area (Å²) in [5, 5.41) is 2.21. The first kappa shape index (κ1) is 13.5. The van der Waals surface area contributed by atoms with Gasteiger partial charge in [0.15, 0.2) is 0 Å². The molecule has 0 radical (unpaired) electrons. The Morgan fingerprint density at radius 1 is 0.783 bits per heavy atom. The smallest absolute Gasteiger partial charge is 0.236 e. The minimum absolute atomic E-state index is 0.273. The molecule has 0 amide bonds. The molecule has 1 aliphatic heterocycles. The van der Waals surface area contributed by atoms with E-state index in [1.54, 1.807) is 24.3 Å². The third-order valence-electron chi connectivity index (χ3n) is 3.91. The Morgan fingerprint density at radius 2 is 1.61 bits per heavy atom. The molecule has 2 aromatic rings. The van der Waals surface area contributed by atoms with E-state index in [0.717, 1.165) is 16.3 Å². The quantitative estimate of drug-likeness (QED) is 0.549. The molecule has 0 aromatic heterocycles. The van der Waals surface area contributed by atoms with Crippen molar-refractivity contribution in [3.63, 3.8) is 0 Å². The lowest BCUT2D eigenvalue weighted by Gasteiger charge is -2.18. The number of fused-ring (bicyclic) bond motifs is 3. The summed E-state index contributed by atoms with van der Waals surface area (Å²) in [4.78, 5) is 23.8. The van der Waals surface area contributed by atoms with E-state index < -0.39 is 11.6 Å². The average Bonchev–Trinajstić information content (AvgIpc) is 2.76. The number of Topliss-reactive ketones (excluding diaryl/α,β-unsaturated/α-hetero) is 1. The van der Waals surface area contributed by atoms with E-state index in [-0.39, 0.29) is 5.57 Å². The molecule has 23 heavy (non-hydrogen) atoms. The molecule has 4 rings (SSSR count). The van der Waals surface area contributed by atoms with E-state index in [4.69, 9.17) is 4.74 Å². The Bertz CT molecular complexity index is 972. The normalized spacial score (nSPS) is 19.7. The SMILES string of the molecule is O=C1C=CC=C/C(=C2\C=Cc3c(ccc4ccccc34)O2)C1=O. The first-order valence-corrected chi connectivity index (χ1v) is 7.29. The number of hydrogen-bond donors (Lipinski definition) is 0. The van der Waals surface area contributed by atoms with Crippen molar-refractivity contribution >= 4 is 28.4 Å². The third kappa shape index (κ3) is 2.23. The van der Waals surface area contributed by atoms with Crippen LogP contribution in [0.1, 0.15) is 5.56 Å². The fraction of sp³-hybridized carbons (Fsp3) is 0. The van der Waals surface area contributed by atoms with Gasteiger partial charge in [0, 0.05) is 5.56 Å². The lowest BCUT2D eigenvalue weighted by Crippen LogP contribution is -2.15. The van der Waals surface area contributed by atoms with Crippen LogP contribution in [-0.4, -0.2) is 11.6 Å². The van der Waals surface area contributed by atoms with Gasteiger partial charge in [-0.25, -0.2) is 0 Å². The van der Waals surface area contributed by atoms with Gasteiger partial charge in [0.05, 0.1) is 5.57 Å². The van der Waals surface area contributed by atoms with Crippen molar-refractivity contribution in [3.05, 3.63) is 83.7 Å². The van der Waals surface area contributed by atoms with E-state index >= 15 is 0 Å². The van der Waals surface area contributed by atoms with E-state index in [2.05, 4.69) is 0 Å². The van der Waals surface area contributed by atoms with Crippen LogP contribution in [-0.2, 0) is 9.59 Å². The molecule has 3 nitrogen and oxygen atoms in total. The van der Waals surface area contributed by atoms with Crippen LogP contribution in [0.5, 0.6) is 5.75 Å². The molecule has 2 aromatic carbocycles. The summed E-state index contributed by atoms with van der Waals surface area (Å²) in [6.45, 7) is 0. The molecular weight excluding hydrogens is 288 g/mol. The van der Waals surface area contributed by atoms with Gasteiger partial charge in [-0.15, -0.1) is 0 Å². The van der Waals surface area contributed by atoms with Gasteiger partial charge in [0.1, 0.15) is 11.5 Å². The van der Waals surface area contributed by atoms with Crippen molar-refractivity contribution in [2.45, 2.75) is 0 Å². The van der Waals surface area contributed by atoms with E-state index in [0.29, 0.717) is 11.5 Å². The highest BCUT2D eigenvalue weighted by atomic mass is 16.5. The number of carbonyl (C=O) groups excluding carboxylic acids is 2. The Labute approximate surface area is 132 Å². The topological polar surface area (TPSA) is 43.4 Å². The number of carbonyl (C=O) groups is 2. The molecule has 0 unspecified atom stereocenters. The first-order chi connectivity index (χ1) is 11.2. The van der Waals surface area contributed by atoms with Crippen LogP contribution in [0.25, 0.3) is 16.8 Å². The summed E-state index contributed by atoms with van der Waals surface area (Å²) in [5.41, 5.74) is 1.25. The van der Waals surface area contributed by atoms with Crippen LogP contribution >= 0.6 is 0 Å². The molecule has 0 fully saturated rings. The molecule has 3 heteroatoms.